The van der Waals surface area contributed by atoms with Crippen molar-refractivity contribution in [2.45, 2.75) is 58.3 Å². The molecule has 0 unspecified atom stereocenters. The van der Waals surface area contributed by atoms with Crippen LogP contribution < -0.4 is 17.0 Å². The average Bonchev–Trinajstić information content (AvgIpc) is 2.62. The molecule has 3 heterocycles. The Morgan fingerprint density at radius 3 is 2.40 bits per heavy atom. The van der Waals surface area contributed by atoms with Crippen molar-refractivity contribution in [1.82, 2.24) is 0 Å². The van der Waals surface area contributed by atoms with Crippen molar-refractivity contribution in [2.24, 2.45) is 5.92 Å². The Morgan fingerprint density at radius 1 is 1.04 bits per heavy atom. The number of rotatable bonds is 8. The highest BCUT2D eigenvalue weighted by atomic mass is 79.9. The van der Waals surface area contributed by atoms with Gasteiger partial charge in [0.15, 0.2) is 0 Å². The van der Waals surface area contributed by atoms with Gasteiger partial charge in [-0.25, -0.2) is 0 Å². The summed E-state index contributed by atoms with van der Waals surface area (Å²) in [6.45, 7) is 7.89. The predicted molar refractivity (Wildman–Crippen MR) is 104 cm³/mol. The highest BCUT2D eigenvalue weighted by Gasteiger charge is 2.41. The largest absolute Gasteiger partial charge is 1.00 e. The molecule has 0 aliphatic carbocycles. The van der Waals surface area contributed by atoms with Gasteiger partial charge >= 0.3 is 0 Å². The summed E-state index contributed by atoms with van der Waals surface area (Å²) in [6, 6.07) is 8.35. The zero-order valence-electron chi connectivity index (χ0n) is 15.7. The molecule has 3 fully saturated rings. The molecule has 25 heavy (non-hydrogen) atoms. The van der Waals surface area contributed by atoms with E-state index in [9.17, 15) is 0 Å². The minimum absolute atomic E-state index is 0. The van der Waals surface area contributed by atoms with Crippen molar-refractivity contribution in [1.29, 1.82) is 0 Å². The quantitative estimate of drug-likeness (QED) is 0.340. The lowest BCUT2D eigenvalue weighted by atomic mass is 9.80. The van der Waals surface area contributed by atoms with E-state index in [4.69, 9.17) is 11.6 Å². The van der Waals surface area contributed by atoms with Gasteiger partial charge in [0.05, 0.1) is 19.6 Å². The molecule has 3 heteroatoms. The monoisotopic (exact) mass is 425 g/mol. The van der Waals surface area contributed by atoms with Gasteiger partial charge in [0.2, 0.25) is 0 Å². The van der Waals surface area contributed by atoms with Crippen LogP contribution in [0.2, 0.25) is 5.02 Å². The summed E-state index contributed by atoms with van der Waals surface area (Å²) < 4.78 is 1.38. The first kappa shape index (κ1) is 21.0. The number of hydrogen-bond acceptors (Lipinski definition) is 0. The number of piperidine rings is 3. The van der Waals surface area contributed by atoms with Crippen LogP contribution in [-0.4, -0.2) is 30.7 Å². The molecular formula is C22H33BrClN. The van der Waals surface area contributed by atoms with Crippen molar-refractivity contribution >= 4 is 11.6 Å². The van der Waals surface area contributed by atoms with E-state index in [1.54, 1.807) is 5.57 Å². The summed E-state index contributed by atoms with van der Waals surface area (Å²) >= 11 is 5.99. The number of halogens is 2. The SMILES string of the molecule is CCCCCCC[N+]12CCC(CC1)/C(=C/Cc1ccc(Cl)cc1)C2.[Br-]. The minimum atomic E-state index is 0. The van der Waals surface area contributed by atoms with Crippen LogP contribution in [0.15, 0.2) is 35.9 Å². The first-order chi connectivity index (χ1) is 11.7. The molecule has 0 radical (unpaired) electrons. The number of nitrogens with zero attached hydrogens (tertiary/aromatic N) is 1. The topological polar surface area (TPSA) is 0 Å². The molecule has 3 aliphatic rings. The van der Waals surface area contributed by atoms with Crippen LogP contribution in [0.25, 0.3) is 0 Å². The van der Waals surface area contributed by atoms with E-state index in [0.717, 1.165) is 17.4 Å². The van der Waals surface area contributed by atoms with Crippen LogP contribution in [0.1, 0.15) is 57.4 Å². The number of fused-ring (bicyclic) bond motifs is 3. The molecular weight excluding hydrogens is 394 g/mol. The van der Waals surface area contributed by atoms with Gasteiger partial charge in [0.25, 0.3) is 0 Å². The normalized spacial score (nSPS) is 26.6. The van der Waals surface area contributed by atoms with E-state index < -0.39 is 0 Å². The number of hydrogen-bond donors (Lipinski definition) is 0. The molecule has 0 amide bonds. The van der Waals surface area contributed by atoms with Crippen molar-refractivity contribution in [3.05, 3.63) is 46.5 Å². The van der Waals surface area contributed by atoms with Gasteiger partial charge in [0, 0.05) is 17.9 Å². The molecule has 2 bridgehead atoms. The minimum Gasteiger partial charge on any atom is -1.00 e. The highest BCUT2D eigenvalue weighted by molar-refractivity contribution is 6.30. The van der Waals surface area contributed by atoms with E-state index >= 15 is 0 Å². The fraction of sp³-hybridized carbons (Fsp3) is 0.636. The Bertz CT molecular complexity index is 544. The molecule has 0 aromatic heterocycles. The Kier molecular flexibility index (Phi) is 8.51. The average molecular weight is 427 g/mol. The van der Waals surface area contributed by atoms with Crippen molar-refractivity contribution in [3.63, 3.8) is 0 Å². The fourth-order valence-corrected chi connectivity index (χ4v) is 4.74. The number of unbranched alkanes of at least 4 members (excludes halogenated alkanes) is 4. The van der Waals surface area contributed by atoms with E-state index in [1.807, 2.05) is 12.1 Å². The van der Waals surface area contributed by atoms with E-state index in [0.29, 0.717) is 0 Å². The molecule has 0 saturated carbocycles. The maximum absolute atomic E-state index is 5.99. The van der Waals surface area contributed by atoms with Crippen LogP contribution in [0.4, 0.5) is 0 Å². The third-order valence-electron chi connectivity index (χ3n) is 6.20. The van der Waals surface area contributed by atoms with Crippen molar-refractivity contribution in [2.75, 3.05) is 26.2 Å². The predicted octanol–water partition coefficient (Wildman–Crippen LogP) is 3.02. The van der Waals surface area contributed by atoms with Gasteiger partial charge in [-0.3, -0.25) is 0 Å². The van der Waals surface area contributed by atoms with Crippen LogP contribution >= 0.6 is 11.6 Å². The number of allylic oxidation sites excluding steroid dienone is 1. The van der Waals surface area contributed by atoms with E-state index in [2.05, 4.69) is 25.1 Å². The second kappa shape index (κ2) is 10.1. The molecule has 140 valence electrons. The lowest BCUT2D eigenvalue weighted by molar-refractivity contribution is -0.936. The standard InChI is InChI=1S/C22H33ClN.BrH/c1-2-3-4-5-6-15-24-16-13-20(14-17-24)21(18-24)10-7-19-8-11-22(23)12-9-19;/h8-12,20H,2-7,13-18H2,1H3;1H/q+1;/p-1/b21-10+;. The van der Waals surface area contributed by atoms with Crippen LogP contribution in [0, 0.1) is 5.92 Å². The molecule has 1 nitrogen and oxygen atoms in total. The van der Waals surface area contributed by atoms with Crippen LogP contribution in [-0.2, 0) is 6.42 Å². The van der Waals surface area contributed by atoms with Gasteiger partial charge < -0.3 is 21.5 Å². The molecule has 4 rings (SSSR count). The molecule has 3 saturated heterocycles. The molecule has 0 atom stereocenters. The number of benzene rings is 1. The van der Waals surface area contributed by atoms with Gasteiger partial charge in [0.1, 0.15) is 6.54 Å². The molecule has 0 N–H and O–H groups in total. The lowest BCUT2D eigenvalue weighted by Crippen LogP contribution is -3.00. The zero-order valence-corrected chi connectivity index (χ0v) is 18.0. The summed E-state index contributed by atoms with van der Waals surface area (Å²) in [7, 11) is 0. The Labute approximate surface area is 169 Å². The van der Waals surface area contributed by atoms with Crippen LogP contribution in [0.3, 0.4) is 0 Å². The summed E-state index contributed by atoms with van der Waals surface area (Å²) in [5.41, 5.74) is 3.13. The van der Waals surface area contributed by atoms with Crippen LogP contribution in [0.5, 0.6) is 0 Å². The zero-order chi connectivity index (χ0) is 16.8. The molecule has 3 aliphatic heterocycles. The maximum Gasteiger partial charge on any atom is 0.101 e. The van der Waals surface area contributed by atoms with E-state index in [1.165, 1.54) is 81.2 Å². The maximum atomic E-state index is 5.99. The first-order valence-corrected chi connectivity index (χ1v) is 10.4. The second-order valence-corrected chi connectivity index (χ2v) is 8.41. The van der Waals surface area contributed by atoms with Gasteiger partial charge in [-0.15, -0.1) is 0 Å². The molecule has 1 aromatic rings. The summed E-state index contributed by atoms with van der Waals surface area (Å²) in [4.78, 5) is 0. The summed E-state index contributed by atoms with van der Waals surface area (Å²) in [6.07, 6.45) is 13.5. The molecule has 1 aromatic carbocycles. The van der Waals surface area contributed by atoms with Crippen molar-refractivity contribution in [3.8, 4) is 0 Å². The van der Waals surface area contributed by atoms with Crippen molar-refractivity contribution < 1.29 is 21.5 Å². The second-order valence-electron chi connectivity index (χ2n) is 7.97. The first-order valence-electron chi connectivity index (χ1n) is 9.99. The highest BCUT2D eigenvalue weighted by Crippen LogP contribution is 2.38. The third-order valence-corrected chi connectivity index (χ3v) is 6.45. The van der Waals surface area contributed by atoms with Gasteiger partial charge in [-0.05, 0) is 48.4 Å². The fourth-order valence-electron chi connectivity index (χ4n) is 4.61. The number of quaternary nitrogens is 1. The summed E-state index contributed by atoms with van der Waals surface area (Å²) in [5, 5.41) is 0.835. The Morgan fingerprint density at radius 2 is 1.72 bits per heavy atom. The Balaban J connectivity index is 0.00000225. The lowest BCUT2D eigenvalue weighted by Gasteiger charge is -2.50. The molecule has 0 spiro atoms. The van der Waals surface area contributed by atoms with Gasteiger partial charge in [-0.2, -0.15) is 0 Å². The smallest absolute Gasteiger partial charge is 0.101 e. The third kappa shape index (κ3) is 5.84. The summed E-state index contributed by atoms with van der Waals surface area (Å²) in [5.74, 6) is 0.873. The Hall–Kier alpha value is -0.310. The van der Waals surface area contributed by atoms with Gasteiger partial charge in [-0.1, -0.05) is 56.0 Å². The van der Waals surface area contributed by atoms with E-state index in [-0.39, 0.29) is 17.0 Å².